The second-order valence-corrected chi connectivity index (χ2v) is 2.77. The third-order valence-electron chi connectivity index (χ3n) is 1.57. The van der Waals surface area contributed by atoms with E-state index in [4.69, 9.17) is 0 Å². The highest BCUT2D eigenvalue weighted by Crippen LogP contribution is 2.15. The minimum atomic E-state index is 0.538. The second kappa shape index (κ2) is 8.32. The Labute approximate surface area is 77.7 Å². The summed E-state index contributed by atoms with van der Waals surface area (Å²) in [4.78, 5) is 0. The lowest BCUT2D eigenvalue weighted by atomic mass is 9.98. The summed E-state index contributed by atoms with van der Waals surface area (Å²) in [5.41, 5.74) is 2.42. The van der Waals surface area contributed by atoms with Crippen molar-refractivity contribution in [3.63, 3.8) is 0 Å². The lowest BCUT2D eigenvalue weighted by Crippen LogP contribution is -1.92. The monoisotopic (exact) mass is 166 g/mol. The van der Waals surface area contributed by atoms with Crippen LogP contribution >= 0.6 is 0 Å². The van der Waals surface area contributed by atoms with Crippen LogP contribution in [-0.2, 0) is 0 Å². The molecule has 0 N–H and O–H groups in total. The van der Waals surface area contributed by atoms with E-state index in [1.165, 1.54) is 11.1 Å². The van der Waals surface area contributed by atoms with Crippen LogP contribution in [0.4, 0.5) is 0 Å². The van der Waals surface area contributed by atoms with Gasteiger partial charge >= 0.3 is 0 Å². The van der Waals surface area contributed by atoms with Crippen molar-refractivity contribution in [1.29, 1.82) is 0 Å². The van der Waals surface area contributed by atoms with E-state index >= 15 is 0 Å². The molecule has 0 aromatic rings. The summed E-state index contributed by atoms with van der Waals surface area (Å²) < 4.78 is 0. The van der Waals surface area contributed by atoms with E-state index < -0.39 is 0 Å². The Morgan fingerprint density at radius 2 is 1.67 bits per heavy atom. The van der Waals surface area contributed by atoms with Crippen molar-refractivity contribution >= 4 is 0 Å². The van der Waals surface area contributed by atoms with Gasteiger partial charge in [-0.15, -0.1) is 0 Å². The molecule has 0 rings (SSSR count). The van der Waals surface area contributed by atoms with Crippen molar-refractivity contribution in [3.8, 4) is 0 Å². The first-order valence-corrected chi connectivity index (χ1v) is 4.58. The van der Waals surface area contributed by atoms with Gasteiger partial charge in [-0.2, -0.15) is 0 Å². The minimum Gasteiger partial charge on any atom is -0.0991 e. The smallest absolute Gasteiger partial charge is 0.0222 e. The number of allylic oxidation sites excluding steroid dienone is 4. The zero-order chi connectivity index (χ0) is 10.1. The third-order valence-corrected chi connectivity index (χ3v) is 1.57. The van der Waals surface area contributed by atoms with Crippen molar-refractivity contribution in [2.75, 3.05) is 0 Å². The zero-order valence-corrected chi connectivity index (χ0v) is 9.15. The summed E-state index contributed by atoms with van der Waals surface area (Å²) >= 11 is 0. The first-order valence-electron chi connectivity index (χ1n) is 4.58. The maximum atomic E-state index is 3.96. The van der Waals surface area contributed by atoms with Crippen molar-refractivity contribution in [2.24, 2.45) is 5.92 Å². The molecule has 0 heterocycles. The van der Waals surface area contributed by atoms with E-state index in [9.17, 15) is 0 Å². The lowest BCUT2D eigenvalue weighted by Gasteiger charge is -2.08. The molecule has 0 heteroatoms. The summed E-state index contributed by atoms with van der Waals surface area (Å²) in [6.45, 7) is 17.9. The van der Waals surface area contributed by atoms with Gasteiger partial charge in [-0.3, -0.25) is 0 Å². The predicted molar refractivity (Wildman–Crippen MR) is 59.3 cm³/mol. The molecule has 0 aliphatic rings. The Bertz CT molecular complexity index is 159. The molecule has 0 bridgehead atoms. The molecule has 0 amide bonds. The maximum absolute atomic E-state index is 3.96. The first kappa shape index (κ1) is 13.8. The second-order valence-electron chi connectivity index (χ2n) is 2.77. The Kier molecular flexibility index (Phi) is 9.56. The average Bonchev–Trinajstić information content (AvgIpc) is 2.07. The molecule has 0 atom stereocenters. The van der Waals surface area contributed by atoms with Crippen molar-refractivity contribution in [1.82, 2.24) is 0 Å². The fourth-order valence-electron chi connectivity index (χ4n) is 0.739. The van der Waals surface area contributed by atoms with Crippen LogP contribution in [0.2, 0.25) is 0 Å². The van der Waals surface area contributed by atoms with Crippen molar-refractivity contribution in [2.45, 2.75) is 34.6 Å². The van der Waals surface area contributed by atoms with E-state index in [0.717, 1.165) is 0 Å². The molecule has 0 unspecified atom stereocenters. The quantitative estimate of drug-likeness (QED) is 0.546. The van der Waals surface area contributed by atoms with Gasteiger partial charge < -0.3 is 0 Å². The molecule has 0 saturated carbocycles. The molecule has 70 valence electrons. The third kappa shape index (κ3) is 5.96. The molecule has 0 aliphatic heterocycles. The van der Waals surface area contributed by atoms with Gasteiger partial charge in [0, 0.05) is 0 Å². The number of hydrogen-bond donors (Lipinski definition) is 0. The highest BCUT2D eigenvalue weighted by atomic mass is 14.0. The fourth-order valence-corrected chi connectivity index (χ4v) is 0.739. The fraction of sp³-hybridized carbons (Fsp3) is 0.500. The SMILES string of the molecule is C=C/C=C(/C)C(=C)C(C)C.CC. The maximum Gasteiger partial charge on any atom is -0.0222 e. The summed E-state index contributed by atoms with van der Waals surface area (Å²) in [5, 5.41) is 0. The van der Waals surface area contributed by atoms with Crippen molar-refractivity contribution < 1.29 is 0 Å². The van der Waals surface area contributed by atoms with Crippen LogP contribution < -0.4 is 0 Å². The Balaban J connectivity index is 0. The van der Waals surface area contributed by atoms with Crippen LogP contribution in [0.5, 0.6) is 0 Å². The molecule has 12 heavy (non-hydrogen) atoms. The summed E-state index contributed by atoms with van der Waals surface area (Å²) in [7, 11) is 0. The molecule has 0 fully saturated rings. The molecular formula is C12H22. The van der Waals surface area contributed by atoms with E-state index in [2.05, 4.69) is 33.9 Å². The molecule has 0 aromatic carbocycles. The lowest BCUT2D eigenvalue weighted by molar-refractivity contribution is 0.781. The predicted octanol–water partition coefficient (Wildman–Crippen LogP) is 4.36. The van der Waals surface area contributed by atoms with Crippen molar-refractivity contribution in [3.05, 3.63) is 36.5 Å². The van der Waals surface area contributed by atoms with Gasteiger partial charge in [0.2, 0.25) is 0 Å². The van der Waals surface area contributed by atoms with Gasteiger partial charge in [-0.1, -0.05) is 53.0 Å². The summed E-state index contributed by atoms with van der Waals surface area (Å²) in [5.74, 6) is 0.538. The highest BCUT2D eigenvalue weighted by Gasteiger charge is 1.99. The van der Waals surface area contributed by atoms with E-state index in [1.54, 1.807) is 6.08 Å². The van der Waals surface area contributed by atoms with E-state index in [1.807, 2.05) is 19.9 Å². The largest absolute Gasteiger partial charge is 0.0991 e. The van der Waals surface area contributed by atoms with Crippen LogP contribution in [0, 0.1) is 5.92 Å². The molecule has 0 radical (unpaired) electrons. The minimum absolute atomic E-state index is 0.538. The van der Waals surface area contributed by atoms with Gasteiger partial charge in [-0.05, 0) is 24.0 Å². The van der Waals surface area contributed by atoms with Gasteiger partial charge in [-0.25, -0.2) is 0 Å². The molecule has 0 saturated heterocycles. The Hall–Kier alpha value is -0.780. The van der Waals surface area contributed by atoms with Crippen LogP contribution in [0.25, 0.3) is 0 Å². The van der Waals surface area contributed by atoms with Crippen LogP contribution in [-0.4, -0.2) is 0 Å². The number of hydrogen-bond acceptors (Lipinski definition) is 0. The van der Waals surface area contributed by atoms with Gasteiger partial charge in [0.25, 0.3) is 0 Å². The zero-order valence-electron chi connectivity index (χ0n) is 9.15. The molecule has 0 aliphatic carbocycles. The first-order chi connectivity index (χ1) is 5.59. The highest BCUT2D eigenvalue weighted by molar-refractivity contribution is 5.30. The van der Waals surface area contributed by atoms with Gasteiger partial charge in [0.15, 0.2) is 0 Å². The standard InChI is InChI=1S/C10H16.C2H6/c1-6-7-9(4)10(5)8(2)3;1-2/h6-8H,1,5H2,2-4H3;1-2H3/b9-7-;. The Morgan fingerprint density at radius 3 is 1.92 bits per heavy atom. The van der Waals surface area contributed by atoms with E-state index in [0.29, 0.717) is 5.92 Å². The normalized spacial score (nSPS) is 10.3. The summed E-state index contributed by atoms with van der Waals surface area (Å²) in [6, 6.07) is 0. The van der Waals surface area contributed by atoms with Gasteiger partial charge in [0.1, 0.15) is 0 Å². The van der Waals surface area contributed by atoms with Gasteiger partial charge in [0.05, 0.1) is 0 Å². The molecule has 0 spiro atoms. The van der Waals surface area contributed by atoms with Crippen LogP contribution in [0.1, 0.15) is 34.6 Å². The number of rotatable bonds is 3. The molecular weight excluding hydrogens is 144 g/mol. The Morgan fingerprint density at radius 1 is 1.25 bits per heavy atom. The van der Waals surface area contributed by atoms with Crippen LogP contribution in [0.3, 0.4) is 0 Å². The average molecular weight is 166 g/mol. The molecule has 0 aromatic heterocycles. The summed E-state index contributed by atoms with van der Waals surface area (Å²) in [6.07, 6.45) is 3.78. The van der Waals surface area contributed by atoms with E-state index in [-0.39, 0.29) is 0 Å². The topological polar surface area (TPSA) is 0 Å². The molecule has 0 nitrogen and oxygen atoms in total. The van der Waals surface area contributed by atoms with Crippen LogP contribution in [0.15, 0.2) is 36.5 Å².